The average molecular weight is 297 g/mol. The van der Waals surface area contributed by atoms with Gasteiger partial charge in [0.1, 0.15) is 5.15 Å². The van der Waals surface area contributed by atoms with Gasteiger partial charge < -0.3 is 5.11 Å². The third kappa shape index (κ3) is 3.53. The Morgan fingerprint density at radius 3 is 2.37 bits per heavy atom. The summed E-state index contributed by atoms with van der Waals surface area (Å²) in [6.07, 6.45) is 0. The van der Waals surface area contributed by atoms with E-state index in [1.807, 2.05) is 37.9 Å². The first-order chi connectivity index (χ1) is 9.11. The Balaban J connectivity index is 1.92. The van der Waals surface area contributed by atoms with Crippen LogP contribution in [0.1, 0.15) is 22.4 Å². The van der Waals surface area contributed by atoms with Gasteiger partial charge in [-0.05, 0) is 18.1 Å². The minimum absolute atomic E-state index is 0.0951. The molecule has 0 aliphatic heterocycles. The van der Waals surface area contributed by atoms with Gasteiger partial charge in [0.25, 0.3) is 0 Å². The van der Waals surface area contributed by atoms with Crippen molar-refractivity contribution in [2.45, 2.75) is 25.0 Å². The van der Waals surface area contributed by atoms with E-state index in [0.717, 1.165) is 33.5 Å². The third-order valence-corrected chi connectivity index (χ3v) is 4.49. The lowest BCUT2D eigenvalue weighted by atomic mass is 10.2. The highest BCUT2D eigenvalue weighted by atomic mass is 35.5. The lowest BCUT2D eigenvalue weighted by molar-refractivity contribution is 0.282. The van der Waals surface area contributed by atoms with Crippen LogP contribution in [-0.4, -0.2) is 14.9 Å². The minimum Gasteiger partial charge on any atom is -0.392 e. The zero-order valence-electron chi connectivity index (χ0n) is 11.1. The van der Waals surface area contributed by atoms with E-state index in [9.17, 15) is 0 Å². The van der Waals surface area contributed by atoms with Gasteiger partial charge in [0.2, 0.25) is 0 Å². The Labute approximate surface area is 122 Å². The fraction of sp³-hybridized carbons (Fsp3) is 0.357. The molecular weight excluding hydrogens is 280 g/mol. The van der Waals surface area contributed by atoms with Crippen molar-refractivity contribution in [2.24, 2.45) is 7.05 Å². The molecule has 2 aromatic rings. The summed E-state index contributed by atoms with van der Waals surface area (Å²) in [4.78, 5) is 0. The van der Waals surface area contributed by atoms with E-state index in [4.69, 9.17) is 16.7 Å². The standard InChI is InChI=1S/C14H17ClN2OS/c1-10-13(14(15)17(2)16-10)9-19-8-12-5-3-11(7-18)4-6-12/h3-6,18H,7-9H2,1-2H3. The molecule has 102 valence electrons. The first-order valence-electron chi connectivity index (χ1n) is 6.06. The summed E-state index contributed by atoms with van der Waals surface area (Å²) in [5.41, 5.74) is 4.30. The molecule has 1 N–H and O–H groups in total. The lowest BCUT2D eigenvalue weighted by Gasteiger charge is -2.03. The van der Waals surface area contributed by atoms with Crippen LogP contribution in [0.5, 0.6) is 0 Å². The number of nitrogens with zero attached hydrogens (tertiary/aromatic N) is 2. The summed E-state index contributed by atoms with van der Waals surface area (Å²) in [6, 6.07) is 8.02. The highest BCUT2D eigenvalue weighted by molar-refractivity contribution is 7.97. The van der Waals surface area contributed by atoms with Gasteiger partial charge in [-0.15, -0.1) is 0 Å². The van der Waals surface area contributed by atoms with Crippen LogP contribution in [0.4, 0.5) is 0 Å². The lowest BCUT2D eigenvalue weighted by Crippen LogP contribution is -1.89. The normalized spacial score (nSPS) is 10.9. The van der Waals surface area contributed by atoms with Crippen LogP contribution < -0.4 is 0 Å². The topological polar surface area (TPSA) is 38.0 Å². The first kappa shape index (κ1) is 14.4. The number of rotatable bonds is 5. The van der Waals surface area contributed by atoms with Gasteiger partial charge in [-0.25, -0.2) is 0 Å². The van der Waals surface area contributed by atoms with Crippen LogP contribution in [-0.2, 0) is 25.2 Å². The van der Waals surface area contributed by atoms with E-state index in [1.54, 1.807) is 4.68 Å². The molecule has 1 heterocycles. The number of aryl methyl sites for hydroxylation is 2. The average Bonchev–Trinajstić information content (AvgIpc) is 2.66. The van der Waals surface area contributed by atoms with Crippen molar-refractivity contribution in [1.29, 1.82) is 0 Å². The van der Waals surface area contributed by atoms with Crippen molar-refractivity contribution < 1.29 is 5.11 Å². The molecule has 0 saturated heterocycles. The molecule has 0 radical (unpaired) electrons. The minimum atomic E-state index is 0.0951. The Hall–Kier alpha value is -0.970. The molecule has 0 spiro atoms. The van der Waals surface area contributed by atoms with E-state index < -0.39 is 0 Å². The number of hydrogen-bond donors (Lipinski definition) is 1. The molecular formula is C14H17ClN2OS. The van der Waals surface area contributed by atoms with Crippen molar-refractivity contribution in [2.75, 3.05) is 0 Å². The molecule has 19 heavy (non-hydrogen) atoms. The van der Waals surface area contributed by atoms with Gasteiger partial charge in [-0.1, -0.05) is 35.9 Å². The molecule has 0 atom stereocenters. The number of halogens is 1. The molecule has 0 bridgehead atoms. The SMILES string of the molecule is Cc1nn(C)c(Cl)c1CSCc1ccc(CO)cc1. The number of benzene rings is 1. The van der Waals surface area contributed by atoms with Crippen molar-refractivity contribution in [3.8, 4) is 0 Å². The molecule has 1 aromatic carbocycles. The summed E-state index contributed by atoms with van der Waals surface area (Å²) in [6.45, 7) is 2.08. The van der Waals surface area contributed by atoms with E-state index in [1.165, 1.54) is 5.56 Å². The molecule has 5 heteroatoms. The van der Waals surface area contributed by atoms with Crippen LogP contribution in [0.25, 0.3) is 0 Å². The summed E-state index contributed by atoms with van der Waals surface area (Å²) in [5.74, 6) is 1.79. The van der Waals surface area contributed by atoms with Crippen LogP contribution >= 0.6 is 23.4 Å². The Morgan fingerprint density at radius 1 is 1.21 bits per heavy atom. The fourth-order valence-corrected chi connectivity index (χ4v) is 3.25. The summed E-state index contributed by atoms with van der Waals surface area (Å²) < 4.78 is 1.71. The van der Waals surface area contributed by atoms with Crippen LogP contribution in [0.2, 0.25) is 5.15 Å². The molecule has 1 aromatic heterocycles. The van der Waals surface area contributed by atoms with E-state index in [2.05, 4.69) is 17.2 Å². The summed E-state index contributed by atoms with van der Waals surface area (Å²) >= 11 is 8.01. The Kier molecular flexibility index (Phi) is 4.91. The van der Waals surface area contributed by atoms with E-state index in [-0.39, 0.29) is 6.61 Å². The maximum absolute atomic E-state index is 8.99. The van der Waals surface area contributed by atoms with Crippen molar-refractivity contribution in [3.63, 3.8) is 0 Å². The van der Waals surface area contributed by atoms with Crippen molar-refractivity contribution in [3.05, 3.63) is 51.8 Å². The van der Waals surface area contributed by atoms with Crippen molar-refractivity contribution in [1.82, 2.24) is 9.78 Å². The first-order valence-corrected chi connectivity index (χ1v) is 7.59. The van der Waals surface area contributed by atoms with Crippen LogP contribution in [0.15, 0.2) is 24.3 Å². The molecule has 0 saturated carbocycles. The van der Waals surface area contributed by atoms with Gasteiger partial charge in [0.05, 0.1) is 12.3 Å². The predicted molar refractivity (Wildman–Crippen MR) is 80.3 cm³/mol. The van der Waals surface area contributed by atoms with Crippen LogP contribution in [0.3, 0.4) is 0 Å². The highest BCUT2D eigenvalue weighted by Crippen LogP contribution is 2.25. The number of aromatic nitrogens is 2. The summed E-state index contributed by atoms with van der Waals surface area (Å²) in [7, 11) is 1.86. The highest BCUT2D eigenvalue weighted by Gasteiger charge is 2.10. The van der Waals surface area contributed by atoms with Crippen molar-refractivity contribution >= 4 is 23.4 Å². The quantitative estimate of drug-likeness (QED) is 0.920. The van der Waals surface area contributed by atoms with E-state index in [0.29, 0.717) is 0 Å². The van der Waals surface area contributed by atoms with Gasteiger partial charge in [-0.2, -0.15) is 16.9 Å². The molecule has 3 nitrogen and oxygen atoms in total. The number of hydrogen-bond acceptors (Lipinski definition) is 3. The largest absolute Gasteiger partial charge is 0.392 e. The number of aliphatic hydroxyl groups excluding tert-OH is 1. The van der Waals surface area contributed by atoms with Crippen LogP contribution in [0, 0.1) is 6.92 Å². The maximum atomic E-state index is 8.99. The molecule has 0 aliphatic carbocycles. The molecule has 0 unspecified atom stereocenters. The zero-order chi connectivity index (χ0) is 13.8. The zero-order valence-corrected chi connectivity index (χ0v) is 12.6. The third-order valence-electron chi connectivity index (χ3n) is 2.99. The monoisotopic (exact) mass is 296 g/mol. The second kappa shape index (κ2) is 6.46. The molecule has 2 rings (SSSR count). The smallest absolute Gasteiger partial charge is 0.131 e. The Bertz CT molecular complexity index is 551. The maximum Gasteiger partial charge on any atom is 0.131 e. The predicted octanol–water partition coefficient (Wildman–Crippen LogP) is 3.31. The van der Waals surface area contributed by atoms with Gasteiger partial charge in [0, 0.05) is 24.1 Å². The molecule has 0 fully saturated rings. The number of aliphatic hydroxyl groups is 1. The Morgan fingerprint density at radius 2 is 1.84 bits per heavy atom. The fourth-order valence-electron chi connectivity index (χ4n) is 1.85. The number of thioether (sulfide) groups is 1. The van der Waals surface area contributed by atoms with E-state index >= 15 is 0 Å². The summed E-state index contributed by atoms with van der Waals surface area (Å²) in [5, 5.41) is 14.0. The van der Waals surface area contributed by atoms with Gasteiger partial charge in [0.15, 0.2) is 0 Å². The van der Waals surface area contributed by atoms with Gasteiger partial charge >= 0.3 is 0 Å². The molecule has 0 aliphatic rings. The second-order valence-electron chi connectivity index (χ2n) is 4.45. The second-order valence-corrected chi connectivity index (χ2v) is 5.79. The molecule has 0 amide bonds. The van der Waals surface area contributed by atoms with Gasteiger partial charge in [-0.3, -0.25) is 4.68 Å².